The van der Waals surface area contributed by atoms with E-state index >= 15 is 0 Å². The molecule has 3 heterocycles. The third kappa shape index (κ3) is 2.83. The number of fused-ring (bicyclic) bond motifs is 2. The normalized spacial score (nSPS) is 16.9. The Labute approximate surface area is 166 Å². The van der Waals surface area contributed by atoms with Gasteiger partial charge in [0.25, 0.3) is 0 Å². The molecule has 7 heteroatoms. The number of hydrogen-bond donors (Lipinski definition) is 0. The number of aromatic nitrogens is 2. The first-order valence-electron chi connectivity index (χ1n) is 9.37. The maximum absolute atomic E-state index is 13.3. The second-order valence-electron chi connectivity index (χ2n) is 6.92. The highest BCUT2D eigenvalue weighted by Gasteiger charge is 2.36. The summed E-state index contributed by atoms with van der Waals surface area (Å²) in [7, 11) is 0. The summed E-state index contributed by atoms with van der Waals surface area (Å²) in [5.41, 5.74) is 1.59. The Morgan fingerprint density at radius 3 is 2.43 bits per heavy atom. The molecular formula is C21H19N3O3S. The zero-order valence-electron chi connectivity index (χ0n) is 15.3. The predicted molar refractivity (Wildman–Crippen MR) is 106 cm³/mol. The van der Waals surface area contributed by atoms with E-state index in [1.165, 1.54) is 0 Å². The van der Waals surface area contributed by atoms with E-state index in [9.17, 15) is 9.59 Å². The van der Waals surface area contributed by atoms with Crippen LogP contribution in [0.3, 0.4) is 0 Å². The molecule has 0 bridgehead atoms. The molecule has 0 amide bonds. The number of carbonyl (C=O) groups excluding carboxylic acids is 2. The molecule has 1 fully saturated rings. The molecule has 5 rings (SSSR count). The minimum Gasteiger partial charge on any atom is -0.379 e. The van der Waals surface area contributed by atoms with Crippen LogP contribution in [0, 0.1) is 0 Å². The van der Waals surface area contributed by atoms with E-state index in [4.69, 9.17) is 4.74 Å². The SMILES string of the molecule is O=C1c2ccccc2C(=O)c2c1nc(-c1cccs1)n2CCN1CCOCC1. The van der Waals surface area contributed by atoms with E-state index in [0.29, 0.717) is 29.2 Å². The molecule has 1 aliphatic carbocycles. The van der Waals surface area contributed by atoms with E-state index < -0.39 is 0 Å². The van der Waals surface area contributed by atoms with Crippen molar-refractivity contribution in [2.45, 2.75) is 6.54 Å². The van der Waals surface area contributed by atoms with Gasteiger partial charge in [-0.15, -0.1) is 11.3 Å². The van der Waals surface area contributed by atoms with Gasteiger partial charge >= 0.3 is 0 Å². The van der Waals surface area contributed by atoms with E-state index in [2.05, 4.69) is 9.88 Å². The van der Waals surface area contributed by atoms with E-state index in [0.717, 1.165) is 37.7 Å². The van der Waals surface area contributed by atoms with Crippen molar-refractivity contribution in [3.05, 3.63) is 64.3 Å². The van der Waals surface area contributed by atoms with Crippen LogP contribution in [0.5, 0.6) is 0 Å². The van der Waals surface area contributed by atoms with Gasteiger partial charge in [-0.1, -0.05) is 30.3 Å². The Kier molecular flexibility index (Phi) is 4.43. The van der Waals surface area contributed by atoms with Gasteiger partial charge in [-0.05, 0) is 11.4 Å². The molecule has 3 aromatic rings. The fourth-order valence-corrected chi connectivity index (χ4v) is 4.58. The van der Waals surface area contributed by atoms with E-state index in [1.807, 2.05) is 22.1 Å². The molecule has 142 valence electrons. The maximum Gasteiger partial charge on any atom is 0.214 e. The van der Waals surface area contributed by atoms with Crippen LogP contribution in [0.1, 0.15) is 32.1 Å². The summed E-state index contributed by atoms with van der Waals surface area (Å²) >= 11 is 1.56. The lowest BCUT2D eigenvalue weighted by atomic mass is 9.90. The predicted octanol–water partition coefficient (Wildman–Crippen LogP) is 2.72. The Morgan fingerprint density at radius 2 is 1.71 bits per heavy atom. The lowest BCUT2D eigenvalue weighted by molar-refractivity contribution is 0.0363. The third-order valence-electron chi connectivity index (χ3n) is 5.30. The van der Waals surface area contributed by atoms with E-state index in [-0.39, 0.29) is 17.3 Å². The fourth-order valence-electron chi connectivity index (χ4n) is 3.85. The summed E-state index contributed by atoms with van der Waals surface area (Å²) in [5.74, 6) is 0.401. The minimum atomic E-state index is -0.173. The molecule has 28 heavy (non-hydrogen) atoms. The van der Waals surface area contributed by atoms with Crippen LogP contribution in [0.2, 0.25) is 0 Å². The van der Waals surface area contributed by atoms with Gasteiger partial charge in [0, 0.05) is 37.3 Å². The summed E-state index contributed by atoms with van der Waals surface area (Å²) in [6, 6.07) is 10.9. The van der Waals surface area contributed by atoms with Crippen LogP contribution < -0.4 is 0 Å². The van der Waals surface area contributed by atoms with Crippen LogP contribution in [-0.4, -0.2) is 58.9 Å². The smallest absolute Gasteiger partial charge is 0.214 e. The van der Waals surface area contributed by atoms with Crippen molar-refractivity contribution >= 4 is 22.9 Å². The summed E-state index contributed by atoms with van der Waals surface area (Å²) < 4.78 is 7.36. The Morgan fingerprint density at radius 1 is 0.964 bits per heavy atom. The summed E-state index contributed by atoms with van der Waals surface area (Å²) in [4.78, 5) is 34.2. The second kappa shape index (κ2) is 7.09. The van der Waals surface area contributed by atoms with Crippen LogP contribution in [0.25, 0.3) is 10.7 Å². The number of benzene rings is 1. The van der Waals surface area contributed by atoms with Crippen LogP contribution >= 0.6 is 11.3 Å². The first-order chi connectivity index (χ1) is 13.7. The Bertz CT molecular complexity index is 1050. The Balaban J connectivity index is 1.59. The molecule has 6 nitrogen and oxygen atoms in total. The van der Waals surface area contributed by atoms with Gasteiger partial charge in [-0.25, -0.2) is 4.98 Å². The highest BCUT2D eigenvalue weighted by molar-refractivity contribution is 7.13. The van der Waals surface area contributed by atoms with Crippen molar-refractivity contribution in [2.24, 2.45) is 0 Å². The molecule has 0 saturated carbocycles. The fraction of sp³-hybridized carbons (Fsp3) is 0.286. The summed E-state index contributed by atoms with van der Waals surface area (Å²) in [6.07, 6.45) is 0. The molecule has 0 unspecified atom stereocenters. The van der Waals surface area contributed by atoms with E-state index in [1.54, 1.807) is 35.6 Å². The number of thiophene rings is 1. The topological polar surface area (TPSA) is 64.4 Å². The van der Waals surface area contributed by atoms with Gasteiger partial charge in [-0.3, -0.25) is 14.5 Å². The van der Waals surface area contributed by atoms with Crippen molar-refractivity contribution in [3.63, 3.8) is 0 Å². The first-order valence-corrected chi connectivity index (χ1v) is 10.2. The summed E-state index contributed by atoms with van der Waals surface area (Å²) in [6.45, 7) is 4.60. The molecular weight excluding hydrogens is 374 g/mol. The number of rotatable bonds is 4. The third-order valence-corrected chi connectivity index (χ3v) is 6.16. The van der Waals surface area contributed by atoms with Gasteiger partial charge in [0.05, 0.1) is 18.1 Å². The standard InChI is InChI=1S/C21H19N3O3S/c25-19-14-4-1-2-5-15(14)20(26)18-17(19)22-21(16-6-3-13-28-16)24(18)8-7-23-9-11-27-12-10-23/h1-6,13H,7-12H2. The minimum absolute atomic E-state index is 0.123. The average Bonchev–Trinajstić information content (AvgIpc) is 3.39. The van der Waals surface area contributed by atoms with Crippen molar-refractivity contribution in [1.82, 2.24) is 14.5 Å². The van der Waals surface area contributed by atoms with Crippen molar-refractivity contribution in [3.8, 4) is 10.7 Å². The quantitative estimate of drug-likeness (QED) is 0.533. The molecule has 0 atom stereocenters. The van der Waals surface area contributed by atoms with Gasteiger partial charge < -0.3 is 9.30 Å². The first kappa shape index (κ1) is 17.5. The van der Waals surface area contributed by atoms with Gasteiger partial charge in [0.1, 0.15) is 11.4 Å². The number of morpholine rings is 1. The molecule has 2 aromatic heterocycles. The van der Waals surface area contributed by atoms with Crippen LogP contribution in [0.15, 0.2) is 41.8 Å². The van der Waals surface area contributed by atoms with Crippen LogP contribution in [0.4, 0.5) is 0 Å². The van der Waals surface area contributed by atoms with Crippen molar-refractivity contribution in [1.29, 1.82) is 0 Å². The molecule has 0 radical (unpaired) electrons. The number of nitrogens with zero attached hydrogens (tertiary/aromatic N) is 3. The molecule has 1 aliphatic heterocycles. The maximum atomic E-state index is 13.3. The molecule has 0 spiro atoms. The number of hydrogen-bond acceptors (Lipinski definition) is 6. The molecule has 1 saturated heterocycles. The molecule has 0 N–H and O–H groups in total. The van der Waals surface area contributed by atoms with Crippen LogP contribution in [-0.2, 0) is 11.3 Å². The molecule has 2 aliphatic rings. The zero-order chi connectivity index (χ0) is 19.1. The number of carbonyl (C=O) groups is 2. The van der Waals surface area contributed by atoms with Gasteiger partial charge in [-0.2, -0.15) is 0 Å². The largest absolute Gasteiger partial charge is 0.379 e. The van der Waals surface area contributed by atoms with Crippen molar-refractivity contribution < 1.29 is 14.3 Å². The second-order valence-corrected chi connectivity index (χ2v) is 7.87. The zero-order valence-corrected chi connectivity index (χ0v) is 16.1. The van der Waals surface area contributed by atoms with Gasteiger partial charge in [0.2, 0.25) is 11.6 Å². The number of imidazole rings is 1. The molecule has 1 aromatic carbocycles. The number of ether oxygens (including phenoxy) is 1. The van der Waals surface area contributed by atoms with Gasteiger partial charge in [0.15, 0.2) is 5.82 Å². The lowest BCUT2D eigenvalue weighted by Crippen LogP contribution is -2.38. The average molecular weight is 393 g/mol. The lowest BCUT2D eigenvalue weighted by Gasteiger charge is -2.27. The summed E-state index contributed by atoms with van der Waals surface area (Å²) in [5, 5.41) is 1.98. The highest BCUT2D eigenvalue weighted by atomic mass is 32.1. The Hall–Kier alpha value is -2.61. The van der Waals surface area contributed by atoms with Crippen molar-refractivity contribution in [2.75, 3.05) is 32.8 Å². The number of ketones is 2. The highest BCUT2D eigenvalue weighted by Crippen LogP contribution is 2.33. The monoisotopic (exact) mass is 393 g/mol.